The van der Waals surface area contributed by atoms with Crippen LogP contribution in [0.2, 0.25) is 0 Å². The molecule has 1 aromatic carbocycles. The zero-order valence-electron chi connectivity index (χ0n) is 26.8. The van der Waals surface area contributed by atoms with Crippen molar-refractivity contribution in [2.24, 2.45) is 0 Å². The van der Waals surface area contributed by atoms with Crippen molar-refractivity contribution in [1.29, 1.82) is 0 Å². The number of nitro groups is 8. The second-order valence-electron chi connectivity index (χ2n) is 12.9. The molecule has 0 spiro atoms. The fourth-order valence-corrected chi connectivity index (χ4v) is 8.21. The van der Waals surface area contributed by atoms with Gasteiger partial charge in [0.05, 0.1) is 12.1 Å². The summed E-state index contributed by atoms with van der Waals surface area (Å²) in [5.41, 5.74) is 0.121. The smallest absolute Gasteiger partial charge is 0.280 e. The summed E-state index contributed by atoms with van der Waals surface area (Å²) in [5.74, 6) is -1.51. The van der Waals surface area contributed by atoms with Gasteiger partial charge in [0.25, 0.3) is 6.04 Å². The topological polar surface area (TPSA) is 424 Å². The maximum atomic E-state index is 12.8. The molecule has 15 atom stereocenters. The minimum atomic E-state index is -2.63. The Hall–Kier alpha value is -6.22. The first kappa shape index (κ1) is 37.5. The summed E-state index contributed by atoms with van der Waals surface area (Å²) in [6.07, 6.45) is -16.9. The highest BCUT2D eigenvalue weighted by Crippen LogP contribution is 2.39. The summed E-state index contributed by atoms with van der Waals surface area (Å²) in [7, 11) is 0. The summed E-state index contributed by atoms with van der Waals surface area (Å²) < 4.78 is 0. The molecule has 5 fully saturated rings. The van der Waals surface area contributed by atoms with Crippen LogP contribution in [0.1, 0.15) is 17.9 Å². The second-order valence-corrected chi connectivity index (χ2v) is 12.9. The number of nitrogens with one attached hydrogen (secondary N) is 6. The van der Waals surface area contributed by atoms with Crippen molar-refractivity contribution in [2.75, 3.05) is 0 Å². The molecule has 5 aliphatic rings. The molecule has 1 aromatic rings. The van der Waals surface area contributed by atoms with E-state index in [0.717, 1.165) is 0 Å². The molecule has 5 saturated heterocycles. The molecular weight excluding hydrogens is 744 g/mol. The zero-order chi connectivity index (χ0) is 39.5. The third-order valence-corrected chi connectivity index (χ3v) is 10.3. The van der Waals surface area contributed by atoms with Crippen LogP contribution in [-0.2, 0) is 0 Å². The highest BCUT2D eigenvalue weighted by molar-refractivity contribution is 5.26. The molecule has 32 heteroatoms. The quantitative estimate of drug-likeness (QED) is 0.101. The van der Waals surface area contributed by atoms with Gasteiger partial charge in [0.2, 0.25) is 24.5 Å². The van der Waals surface area contributed by atoms with E-state index in [4.69, 9.17) is 0 Å². The van der Waals surface area contributed by atoms with Gasteiger partial charge in [0, 0.05) is 36.0 Å². The highest BCUT2D eigenvalue weighted by atomic mass is 16.7. The van der Waals surface area contributed by atoms with Gasteiger partial charge in [-0.05, 0) is 5.56 Å². The first-order chi connectivity index (χ1) is 25.4. The minimum Gasteiger partial charge on any atom is -0.280 e. The molecule has 0 amide bonds. The van der Waals surface area contributed by atoms with E-state index >= 15 is 0 Å². The van der Waals surface area contributed by atoms with Crippen LogP contribution in [0.15, 0.2) is 30.3 Å². The fourth-order valence-electron chi connectivity index (χ4n) is 8.21. The summed E-state index contributed by atoms with van der Waals surface area (Å²) in [6, 6.07) is -6.93. The van der Waals surface area contributed by atoms with Crippen LogP contribution in [0.4, 0.5) is 0 Å². The van der Waals surface area contributed by atoms with E-state index < -0.39 is 138 Å². The fraction of sp³-hybridized carbons (Fsp3) is 0.727. The van der Waals surface area contributed by atoms with E-state index in [0.29, 0.717) is 5.01 Å². The van der Waals surface area contributed by atoms with Crippen LogP contribution in [-0.4, -0.2) is 135 Å². The second kappa shape index (κ2) is 14.0. The van der Waals surface area contributed by atoms with Gasteiger partial charge in [-0.2, -0.15) is 0 Å². The van der Waals surface area contributed by atoms with Crippen molar-refractivity contribution in [3.8, 4) is 0 Å². The van der Waals surface area contributed by atoms with E-state index in [9.17, 15) is 80.9 Å². The molecule has 0 radical (unpaired) electrons. The van der Waals surface area contributed by atoms with Crippen LogP contribution in [0, 0.1) is 80.9 Å². The van der Waals surface area contributed by atoms with Crippen LogP contribution in [0.5, 0.6) is 0 Å². The van der Waals surface area contributed by atoms with Crippen molar-refractivity contribution in [1.82, 2.24) is 41.9 Å². The summed E-state index contributed by atoms with van der Waals surface area (Å²) in [6.45, 7) is 0. The summed E-state index contributed by atoms with van der Waals surface area (Å²) in [4.78, 5) is 93.1. The predicted molar refractivity (Wildman–Crippen MR) is 165 cm³/mol. The van der Waals surface area contributed by atoms with E-state index in [1.54, 1.807) is 0 Å². The molecule has 0 aliphatic carbocycles. The van der Waals surface area contributed by atoms with Crippen molar-refractivity contribution in [3.05, 3.63) is 117 Å². The number of hydrazine groups is 2. The van der Waals surface area contributed by atoms with Crippen LogP contribution in [0.3, 0.4) is 0 Å². The number of benzene rings is 1. The normalized spacial score (nSPS) is 38.8. The van der Waals surface area contributed by atoms with Gasteiger partial charge in [0.1, 0.15) is 18.5 Å². The highest BCUT2D eigenvalue weighted by Gasteiger charge is 2.72. The average molecular weight is 773 g/mol. The van der Waals surface area contributed by atoms with Crippen molar-refractivity contribution in [2.45, 2.75) is 97.9 Å². The third kappa shape index (κ3) is 6.19. The first-order valence-corrected chi connectivity index (χ1v) is 15.7. The minimum absolute atomic E-state index is 0.0841. The molecule has 5 aliphatic heterocycles. The van der Waals surface area contributed by atoms with Crippen LogP contribution < -0.4 is 31.9 Å². The molecule has 6 N–H and O–H groups in total. The zero-order valence-corrected chi connectivity index (χ0v) is 26.8. The molecule has 15 unspecified atom stereocenters. The Kier molecular flexibility index (Phi) is 9.71. The maximum absolute atomic E-state index is 12.8. The van der Waals surface area contributed by atoms with Gasteiger partial charge in [-0.3, -0.25) is 92.6 Å². The van der Waals surface area contributed by atoms with Gasteiger partial charge in [-0.15, -0.1) is 0 Å². The molecule has 6 rings (SSSR count). The number of fused-ring (bicyclic) bond motifs is 8. The largest absolute Gasteiger partial charge is 0.321 e. The van der Waals surface area contributed by atoms with Gasteiger partial charge < -0.3 is 0 Å². The van der Waals surface area contributed by atoms with Crippen LogP contribution in [0.25, 0.3) is 0 Å². The SMILES string of the molecule is O=[N+]([O-])C1CC2NC1NC1C([N+](=O)[O-])C([N+](=O)[O-])C(NC3NC(NC4C([N+](=O)[O-])C(c5ccccc5)C(N2)N4[N+](=O)[O-])C([N+](=O)[O-])C3[N+](=O)[O-])N1[N+](=O)[O-]. The molecule has 8 bridgehead atoms. The predicted octanol–water partition coefficient (Wildman–Crippen LogP) is -4.77. The molecule has 0 saturated carbocycles. The van der Waals surface area contributed by atoms with Gasteiger partial charge in [0.15, 0.2) is 16.2 Å². The lowest BCUT2D eigenvalue weighted by atomic mass is 9.91. The molecule has 292 valence electrons. The van der Waals surface area contributed by atoms with Gasteiger partial charge >= 0.3 is 24.2 Å². The number of nitrogens with zero attached hydrogens (tertiary/aromatic N) is 10. The Morgan fingerprint density at radius 3 is 1.31 bits per heavy atom. The van der Waals surface area contributed by atoms with Crippen molar-refractivity contribution >= 4 is 0 Å². The Morgan fingerprint density at radius 1 is 0.463 bits per heavy atom. The molecule has 54 heavy (non-hydrogen) atoms. The van der Waals surface area contributed by atoms with E-state index in [1.165, 1.54) is 30.3 Å². The lowest BCUT2D eigenvalue weighted by molar-refractivity contribution is -0.679. The molecule has 32 nitrogen and oxygen atoms in total. The number of hydrogen-bond donors (Lipinski definition) is 6. The molecule has 0 aromatic heterocycles. The third-order valence-electron chi connectivity index (χ3n) is 10.3. The molecular formula is C22H28N16O16. The summed E-state index contributed by atoms with van der Waals surface area (Å²) >= 11 is 0. The maximum Gasteiger partial charge on any atom is 0.321 e. The lowest BCUT2D eigenvalue weighted by Crippen LogP contribution is -2.65. The number of rotatable bonds is 9. The van der Waals surface area contributed by atoms with E-state index in [2.05, 4.69) is 31.9 Å². The molecule has 5 heterocycles. The Morgan fingerprint density at radius 2 is 0.889 bits per heavy atom. The Bertz CT molecular complexity index is 1760. The Labute approximate surface area is 296 Å². The monoisotopic (exact) mass is 772 g/mol. The average Bonchev–Trinajstić information content (AvgIpc) is 3.81. The first-order valence-electron chi connectivity index (χ1n) is 15.7. The van der Waals surface area contributed by atoms with Gasteiger partial charge in [-0.1, -0.05) is 40.3 Å². The van der Waals surface area contributed by atoms with Gasteiger partial charge in [-0.25, -0.2) is 20.2 Å². The van der Waals surface area contributed by atoms with E-state index in [-0.39, 0.29) is 10.6 Å². The number of hydrogen-bond acceptors (Lipinski definition) is 22. The lowest BCUT2D eigenvalue weighted by Gasteiger charge is -2.29. The van der Waals surface area contributed by atoms with Crippen molar-refractivity contribution in [3.63, 3.8) is 0 Å². The summed E-state index contributed by atoms with van der Waals surface area (Å²) in [5, 5.41) is 112. The standard InChI is InChI=1S/C22H28N16O16/c39-31(40)8-6-9-23-16(8)26-21-14(35(47)48)15(36(49)50)22(30(21)38(53)54)28-18-13(34(45)46)12(33(43)44)17(25-18)27-20-11(32(41)42)10(7-4-2-1-3-5-7)19(24-9)29(20)37(51)52/h1-5,8-28H,6H2. The van der Waals surface area contributed by atoms with Crippen molar-refractivity contribution < 1.29 is 39.6 Å². The van der Waals surface area contributed by atoms with E-state index in [1.807, 2.05) is 0 Å². The Balaban J connectivity index is 1.56. The van der Waals surface area contributed by atoms with Crippen LogP contribution >= 0.6 is 0 Å².